The van der Waals surface area contributed by atoms with Crippen molar-refractivity contribution in [1.82, 2.24) is 5.32 Å². The van der Waals surface area contributed by atoms with Gasteiger partial charge in [0.25, 0.3) is 0 Å². The van der Waals surface area contributed by atoms with Gasteiger partial charge >= 0.3 is 5.97 Å². The fraction of sp³-hybridized carbons (Fsp3) is 0.417. The third kappa shape index (κ3) is 5.36. The Morgan fingerprint density at radius 1 is 1.62 bits per heavy atom. The molecule has 0 fully saturated rings. The average Bonchev–Trinajstić information content (AvgIpc) is 2.76. The number of ether oxygens (including phenoxy) is 1. The van der Waals surface area contributed by atoms with Gasteiger partial charge in [0.05, 0.1) is 12.9 Å². The molecule has 1 aromatic rings. The minimum atomic E-state index is -0.296. The van der Waals surface area contributed by atoms with Gasteiger partial charge in [-0.05, 0) is 19.1 Å². The van der Waals surface area contributed by atoms with Crippen molar-refractivity contribution >= 4 is 5.97 Å². The highest BCUT2D eigenvalue weighted by Gasteiger charge is 1.94. The van der Waals surface area contributed by atoms with E-state index in [9.17, 15) is 4.79 Å². The predicted molar refractivity (Wildman–Crippen MR) is 61.1 cm³/mol. The first-order chi connectivity index (χ1) is 7.83. The molecule has 0 aliphatic rings. The van der Waals surface area contributed by atoms with Crippen LogP contribution in [0.4, 0.5) is 0 Å². The molecule has 0 aliphatic carbocycles. The lowest BCUT2D eigenvalue weighted by Gasteiger charge is -1.99. The molecule has 0 saturated carbocycles. The van der Waals surface area contributed by atoms with Crippen molar-refractivity contribution in [2.45, 2.75) is 13.3 Å². The van der Waals surface area contributed by atoms with E-state index in [1.807, 2.05) is 12.1 Å². The van der Waals surface area contributed by atoms with E-state index in [0.717, 1.165) is 18.7 Å². The molecule has 0 unspecified atom stereocenters. The van der Waals surface area contributed by atoms with E-state index >= 15 is 0 Å². The Hall–Kier alpha value is -1.55. The molecule has 0 aromatic carbocycles. The summed E-state index contributed by atoms with van der Waals surface area (Å²) in [4.78, 5) is 10.9. The number of hydrogen-bond donors (Lipinski definition) is 1. The van der Waals surface area contributed by atoms with Crippen LogP contribution in [0.1, 0.15) is 12.7 Å². The van der Waals surface area contributed by atoms with Gasteiger partial charge in [0.1, 0.15) is 5.76 Å². The minimum absolute atomic E-state index is 0.296. The van der Waals surface area contributed by atoms with Crippen molar-refractivity contribution in [3.05, 3.63) is 36.3 Å². The number of furan rings is 1. The monoisotopic (exact) mass is 223 g/mol. The maximum atomic E-state index is 10.9. The Morgan fingerprint density at radius 2 is 2.50 bits per heavy atom. The Kier molecular flexibility index (Phi) is 6.03. The molecule has 0 bridgehead atoms. The molecular formula is C12H17NO3. The quantitative estimate of drug-likeness (QED) is 0.432. The molecule has 0 amide bonds. The number of carbonyl (C=O) groups is 1. The fourth-order valence-electron chi connectivity index (χ4n) is 1.20. The summed E-state index contributed by atoms with van der Waals surface area (Å²) in [6.07, 6.45) is 5.69. The summed E-state index contributed by atoms with van der Waals surface area (Å²) in [6.45, 7) is 3.67. The normalized spacial score (nSPS) is 10.8. The van der Waals surface area contributed by atoms with E-state index in [1.165, 1.54) is 6.08 Å². The first-order valence-electron chi connectivity index (χ1n) is 5.39. The molecule has 1 aromatic heterocycles. The van der Waals surface area contributed by atoms with Crippen LogP contribution < -0.4 is 5.32 Å². The smallest absolute Gasteiger partial charge is 0.330 e. The summed E-state index contributed by atoms with van der Waals surface area (Å²) < 4.78 is 9.92. The van der Waals surface area contributed by atoms with Crippen molar-refractivity contribution in [3.8, 4) is 0 Å². The molecule has 0 atom stereocenters. The molecule has 4 nitrogen and oxygen atoms in total. The molecule has 0 aliphatic heterocycles. The van der Waals surface area contributed by atoms with Crippen LogP contribution >= 0.6 is 0 Å². The van der Waals surface area contributed by atoms with Crippen molar-refractivity contribution in [3.63, 3.8) is 0 Å². The van der Waals surface area contributed by atoms with Gasteiger partial charge in [-0.15, -0.1) is 0 Å². The molecule has 1 rings (SSSR count). The van der Waals surface area contributed by atoms with Crippen LogP contribution in [0.2, 0.25) is 0 Å². The van der Waals surface area contributed by atoms with E-state index in [0.29, 0.717) is 13.2 Å². The van der Waals surface area contributed by atoms with Crippen LogP contribution in [0.5, 0.6) is 0 Å². The highest BCUT2D eigenvalue weighted by Crippen LogP contribution is 1.99. The summed E-state index contributed by atoms with van der Waals surface area (Å²) in [5.74, 6) is 0.664. The van der Waals surface area contributed by atoms with Gasteiger partial charge in [-0.25, -0.2) is 4.79 Å². The zero-order valence-electron chi connectivity index (χ0n) is 9.44. The van der Waals surface area contributed by atoms with Gasteiger partial charge in [-0.1, -0.05) is 6.08 Å². The second-order valence-corrected chi connectivity index (χ2v) is 3.19. The SMILES string of the molecule is CCOC(=O)/C=C/CNCCc1ccco1. The number of hydrogen-bond acceptors (Lipinski definition) is 4. The van der Waals surface area contributed by atoms with Gasteiger partial charge in [-0.3, -0.25) is 0 Å². The van der Waals surface area contributed by atoms with Crippen LogP contribution in [-0.2, 0) is 16.0 Å². The largest absolute Gasteiger partial charge is 0.469 e. The van der Waals surface area contributed by atoms with Crippen molar-refractivity contribution in [1.29, 1.82) is 0 Å². The molecule has 4 heteroatoms. The Balaban J connectivity index is 2.01. The van der Waals surface area contributed by atoms with Gasteiger partial charge < -0.3 is 14.5 Å². The summed E-state index contributed by atoms with van der Waals surface area (Å²) in [5.41, 5.74) is 0. The maximum absolute atomic E-state index is 10.9. The molecule has 0 spiro atoms. The van der Waals surface area contributed by atoms with Gasteiger partial charge in [0.2, 0.25) is 0 Å². The first-order valence-corrected chi connectivity index (χ1v) is 5.39. The lowest BCUT2D eigenvalue weighted by atomic mass is 10.3. The van der Waals surface area contributed by atoms with E-state index in [2.05, 4.69) is 5.32 Å². The average molecular weight is 223 g/mol. The number of rotatable bonds is 7. The third-order valence-electron chi connectivity index (χ3n) is 1.93. The van der Waals surface area contributed by atoms with Gasteiger partial charge in [0, 0.05) is 25.6 Å². The maximum Gasteiger partial charge on any atom is 0.330 e. The number of esters is 1. The molecule has 0 radical (unpaired) electrons. The lowest BCUT2D eigenvalue weighted by molar-refractivity contribution is -0.137. The predicted octanol–water partition coefficient (Wildman–Crippen LogP) is 1.53. The van der Waals surface area contributed by atoms with E-state index < -0.39 is 0 Å². The van der Waals surface area contributed by atoms with E-state index in [1.54, 1.807) is 19.3 Å². The van der Waals surface area contributed by atoms with Crippen LogP contribution in [0, 0.1) is 0 Å². The Labute approximate surface area is 95.3 Å². The molecule has 88 valence electrons. The third-order valence-corrected chi connectivity index (χ3v) is 1.93. The van der Waals surface area contributed by atoms with Gasteiger partial charge in [0.15, 0.2) is 0 Å². The molecule has 1 N–H and O–H groups in total. The van der Waals surface area contributed by atoms with Crippen LogP contribution in [0.15, 0.2) is 35.0 Å². The van der Waals surface area contributed by atoms with Crippen LogP contribution in [0.25, 0.3) is 0 Å². The van der Waals surface area contributed by atoms with Crippen LogP contribution in [0.3, 0.4) is 0 Å². The van der Waals surface area contributed by atoms with Crippen molar-refractivity contribution in [2.24, 2.45) is 0 Å². The highest BCUT2D eigenvalue weighted by molar-refractivity contribution is 5.81. The van der Waals surface area contributed by atoms with Crippen molar-refractivity contribution < 1.29 is 13.9 Å². The highest BCUT2D eigenvalue weighted by atomic mass is 16.5. The topological polar surface area (TPSA) is 51.5 Å². The van der Waals surface area contributed by atoms with Crippen molar-refractivity contribution in [2.75, 3.05) is 19.7 Å². The van der Waals surface area contributed by atoms with E-state index in [-0.39, 0.29) is 5.97 Å². The number of nitrogens with one attached hydrogen (secondary N) is 1. The summed E-state index contributed by atoms with van der Waals surface area (Å²) in [5, 5.41) is 3.17. The summed E-state index contributed by atoms with van der Waals surface area (Å²) in [7, 11) is 0. The zero-order chi connectivity index (χ0) is 11.6. The molecule has 1 heterocycles. The second kappa shape index (κ2) is 7.70. The number of carbonyl (C=O) groups excluding carboxylic acids is 1. The summed E-state index contributed by atoms with van der Waals surface area (Å²) in [6, 6.07) is 3.81. The molecule has 16 heavy (non-hydrogen) atoms. The molecule has 0 saturated heterocycles. The Bertz CT molecular complexity index is 317. The van der Waals surface area contributed by atoms with Crippen LogP contribution in [-0.4, -0.2) is 25.7 Å². The minimum Gasteiger partial charge on any atom is -0.469 e. The molecular weight excluding hydrogens is 206 g/mol. The fourth-order valence-corrected chi connectivity index (χ4v) is 1.20. The lowest BCUT2D eigenvalue weighted by Crippen LogP contribution is -2.17. The van der Waals surface area contributed by atoms with E-state index in [4.69, 9.17) is 9.15 Å². The summed E-state index contributed by atoms with van der Waals surface area (Å²) >= 11 is 0. The standard InChI is InChI=1S/C12H17NO3/c1-2-15-12(14)6-3-8-13-9-7-11-5-4-10-16-11/h3-6,10,13H,2,7-9H2,1H3/b6-3+. The Morgan fingerprint density at radius 3 is 3.19 bits per heavy atom. The second-order valence-electron chi connectivity index (χ2n) is 3.19. The first kappa shape index (κ1) is 12.5. The zero-order valence-corrected chi connectivity index (χ0v) is 9.44. The van der Waals surface area contributed by atoms with Gasteiger partial charge in [-0.2, -0.15) is 0 Å².